The van der Waals surface area contributed by atoms with E-state index in [1.807, 2.05) is 35.9 Å². The van der Waals surface area contributed by atoms with Crippen LogP contribution in [-0.4, -0.2) is 20.8 Å². The molecule has 0 bridgehead atoms. The van der Waals surface area contributed by atoms with E-state index in [1.54, 1.807) is 6.33 Å². The first kappa shape index (κ1) is 13.1. The second-order valence-electron chi connectivity index (χ2n) is 4.25. The maximum atomic E-state index is 6.15. The van der Waals surface area contributed by atoms with Crippen LogP contribution in [0.5, 0.6) is 0 Å². The van der Waals surface area contributed by atoms with Crippen LogP contribution in [0, 0.1) is 0 Å². The summed E-state index contributed by atoms with van der Waals surface area (Å²) >= 11 is 6.12. The predicted molar refractivity (Wildman–Crippen MR) is 72.5 cm³/mol. The van der Waals surface area contributed by atoms with E-state index in [-0.39, 0.29) is 6.04 Å². The van der Waals surface area contributed by atoms with Crippen molar-refractivity contribution in [2.75, 3.05) is 0 Å². The van der Waals surface area contributed by atoms with Gasteiger partial charge in [-0.05, 0) is 25.0 Å². The van der Waals surface area contributed by atoms with Gasteiger partial charge < -0.3 is 5.73 Å². The third-order valence-corrected chi connectivity index (χ3v) is 3.25. The van der Waals surface area contributed by atoms with Gasteiger partial charge >= 0.3 is 0 Å². The molecule has 1 unspecified atom stereocenters. The van der Waals surface area contributed by atoms with Gasteiger partial charge in [0.25, 0.3) is 0 Å². The van der Waals surface area contributed by atoms with Crippen molar-refractivity contribution in [2.45, 2.75) is 32.4 Å². The second-order valence-corrected chi connectivity index (χ2v) is 4.66. The summed E-state index contributed by atoms with van der Waals surface area (Å²) < 4.78 is 1.87. The topological polar surface area (TPSA) is 56.7 Å². The highest BCUT2D eigenvalue weighted by Crippen LogP contribution is 2.17. The van der Waals surface area contributed by atoms with Crippen LogP contribution in [0.1, 0.15) is 18.3 Å². The minimum absolute atomic E-state index is 0.000556. The summed E-state index contributed by atoms with van der Waals surface area (Å²) in [6.45, 7) is 2.85. The van der Waals surface area contributed by atoms with E-state index in [2.05, 4.69) is 10.1 Å². The fourth-order valence-electron chi connectivity index (χ4n) is 1.96. The van der Waals surface area contributed by atoms with Crippen molar-refractivity contribution in [1.82, 2.24) is 14.8 Å². The molecule has 0 aliphatic rings. The van der Waals surface area contributed by atoms with Crippen molar-refractivity contribution in [3.8, 4) is 0 Å². The molecular formula is C13H17ClN4. The lowest BCUT2D eigenvalue weighted by atomic mass is 10.0. The van der Waals surface area contributed by atoms with Crippen LogP contribution in [0.4, 0.5) is 0 Å². The molecule has 5 heteroatoms. The minimum atomic E-state index is -0.000556. The van der Waals surface area contributed by atoms with Crippen molar-refractivity contribution in [1.29, 1.82) is 0 Å². The highest BCUT2D eigenvalue weighted by Gasteiger charge is 2.11. The Labute approximate surface area is 112 Å². The standard InChI is InChI=1S/C13H17ClN4/c1-2-18-13(16-9-17-18)8-11(15)7-10-5-3-4-6-12(10)14/h3-6,9,11H,2,7-8,15H2,1H3. The highest BCUT2D eigenvalue weighted by molar-refractivity contribution is 6.31. The summed E-state index contributed by atoms with van der Waals surface area (Å²) in [5, 5.41) is 4.90. The largest absolute Gasteiger partial charge is 0.327 e. The van der Waals surface area contributed by atoms with Crippen molar-refractivity contribution < 1.29 is 0 Å². The summed E-state index contributed by atoms with van der Waals surface area (Å²) in [6, 6.07) is 7.79. The molecule has 2 N–H and O–H groups in total. The molecule has 1 aromatic carbocycles. The molecule has 0 aliphatic carbocycles. The summed E-state index contributed by atoms with van der Waals surface area (Å²) in [7, 11) is 0. The number of aromatic nitrogens is 3. The number of hydrogen-bond acceptors (Lipinski definition) is 3. The normalized spacial score (nSPS) is 12.6. The molecule has 0 saturated heterocycles. The lowest BCUT2D eigenvalue weighted by Gasteiger charge is -2.12. The second kappa shape index (κ2) is 5.98. The number of halogens is 1. The molecule has 2 aromatic rings. The molecule has 96 valence electrons. The van der Waals surface area contributed by atoms with E-state index in [0.29, 0.717) is 6.42 Å². The lowest BCUT2D eigenvalue weighted by molar-refractivity contribution is 0.567. The predicted octanol–water partition coefficient (Wildman–Crippen LogP) is 2.06. The molecule has 1 heterocycles. The Morgan fingerprint density at radius 3 is 2.83 bits per heavy atom. The highest BCUT2D eigenvalue weighted by atomic mass is 35.5. The first-order valence-electron chi connectivity index (χ1n) is 6.06. The number of rotatable bonds is 5. The van der Waals surface area contributed by atoms with Gasteiger partial charge in [-0.2, -0.15) is 5.10 Å². The van der Waals surface area contributed by atoms with Crippen molar-refractivity contribution in [3.05, 3.63) is 47.0 Å². The Bertz CT molecular complexity index is 509. The molecule has 18 heavy (non-hydrogen) atoms. The number of nitrogens with two attached hydrogens (primary N) is 1. The summed E-state index contributed by atoms with van der Waals surface area (Å²) in [5.41, 5.74) is 7.23. The number of hydrogen-bond donors (Lipinski definition) is 1. The molecule has 0 fully saturated rings. The van der Waals surface area contributed by atoms with Crippen LogP contribution in [0.25, 0.3) is 0 Å². The van der Waals surface area contributed by atoms with Gasteiger partial charge in [0.15, 0.2) is 0 Å². The van der Waals surface area contributed by atoms with Gasteiger partial charge in [0.1, 0.15) is 12.2 Å². The van der Waals surface area contributed by atoms with Gasteiger partial charge in [-0.3, -0.25) is 4.68 Å². The summed E-state index contributed by atoms with van der Waals surface area (Å²) in [6.07, 6.45) is 3.02. The fourth-order valence-corrected chi connectivity index (χ4v) is 2.18. The van der Waals surface area contributed by atoms with Gasteiger partial charge in [0, 0.05) is 24.0 Å². The Hall–Kier alpha value is -1.39. The van der Waals surface area contributed by atoms with Crippen LogP contribution >= 0.6 is 11.6 Å². The van der Waals surface area contributed by atoms with E-state index >= 15 is 0 Å². The smallest absolute Gasteiger partial charge is 0.138 e. The molecule has 0 amide bonds. The number of nitrogens with zero attached hydrogens (tertiary/aromatic N) is 3. The van der Waals surface area contributed by atoms with Crippen LogP contribution in [0.15, 0.2) is 30.6 Å². The van der Waals surface area contributed by atoms with Gasteiger partial charge in [-0.1, -0.05) is 29.8 Å². The first-order chi connectivity index (χ1) is 8.70. The van der Waals surface area contributed by atoms with Crippen molar-refractivity contribution in [3.63, 3.8) is 0 Å². The van der Waals surface area contributed by atoms with Gasteiger partial charge in [0.05, 0.1) is 0 Å². The van der Waals surface area contributed by atoms with Crippen LogP contribution in [-0.2, 0) is 19.4 Å². The molecule has 0 radical (unpaired) electrons. The molecule has 0 spiro atoms. The molecule has 2 rings (SSSR count). The lowest BCUT2D eigenvalue weighted by Crippen LogP contribution is -2.27. The minimum Gasteiger partial charge on any atom is -0.327 e. The number of aryl methyl sites for hydroxylation is 1. The van der Waals surface area contributed by atoms with Crippen LogP contribution in [0.2, 0.25) is 5.02 Å². The van der Waals surface area contributed by atoms with Crippen molar-refractivity contribution in [2.24, 2.45) is 5.73 Å². The van der Waals surface area contributed by atoms with Crippen LogP contribution in [0.3, 0.4) is 0 Å². The monoisotopic (exact) mass is 264 g/mol. The van der Waals surface area contributed by atoms with Gasteiger partial charge in [0.2, 0.25) is 0 Å². The molecule has 4 nitrogen and oxygen atoms in total. The van der Waals surface area contributed by atoms with Gasteiger partial charge in [-0.15, -0.1) is 0 Å². The third-order valence-electron chi connectivity index (χ3n) is 2.88. The molecular weight excluding hydrogens is 248 g/mol. The van der Waals surface area contributed by atoms with E-state index in [1.165, 1.54) is 0 Å². The van der Waals surface area contributed by atoms with E-state index in [4.69, 9.17) is 17.3 Å². The zero-order valence-corrected chi connectivity index (χ0v) is 11.1. The van der Waals surface area contributed by atoms with Crippen LogP contribution < -0.4 is 5.73 Å². The zero-order valence-electron chi connectivity index (χ0n) is 10.4. The SMILES string of the molecule is CCn1ncnc1CC(N)Cc1ccccc1Cl. The fraction of sp³-hybridized carbons (Fsp3) is 0.385. The maximum absolute atomic E-state index is 6.15. The summed E-state index contributed by atoms with van der Waals surface area (Å²) in [5.74, 6) is 0.928. The third kappa shape index (κ3) is 3.09. The Morgan fingerprint density at radius 1 is 1.33 bits per heavy atom. The Morgan fingerprint density at radius 2 is 2.11 bits per heavy atom. The molecule has 1 aromatic heterocycles. The number of benzene rings is 1. The summed E-state index contributed by atoms with van der Waals surface area (Å²) in [4.78, 5) is 4.23. The van der Waals surface area contributed by atoms with E-state index < -0.39 is 0 Å². The van der Waals surface area contributed by atoms with Crippen molar-refractivity contribution >= 4 is 11.6 Å². The van der Waals surface area contributed by atoms with Gasteiger partial charge in [-0.25, -0.2) is 4.98 Å². The first-order valence-corrected chi connectivity index (χ1v) is 6.44. The molecule has 0 saturated carbocycles. The average Bonchev–Trinajstić information content (AvgIpc) is 2.79. The maximum Gasteiger partial charge on any atom is 0.138 e. The quantitative estimate of drug-likeness (QED) is 0.899. The molecule has 1 atom stereocenters. The average molecular weight is 265 g/mol. The van der Waals surface area contributed by atoms with E-state index in [0.717, 1.165) is 29.4 Å². The molecule has 0 aliphatic heterocycles. The Balaban J connectivity index is 2.01. The van der Waals surface area contributed by atoms with E-state index in [9.17, 15) is 0 Å². The zero-order chi connectivity index (χ0) is 13.0. The Kier molecular flexibility index (Phi) is 4.33.